The number of rotatable bonds is 8. The van der Waals surface area contributed by atoms with Gasteiger partial charge in [-0.15, -0.1) is 6.58 Å². The summed E-state index contributed by atoms with van der Waals surface area (Å²) in [6.45, 7) is 3.97. The molecule has 1 aliphatic rings. The summed E-state index contributed by atoms with van der Waals surface area (Å²) in [6.07, 6.45) is 1.35. The van der Waals surface area contributed by atoms with Crippen LogP contribution in [-0.4, -0.2) is 70.9 Å². The van der Waals surface area contributed by atoms with Gasteiger partial charge in [0.05, 0.1) is 30.2 Å². The Hall–Kier alpha value is -2.80. The SMILES string of the molecule is C=CCON(C1CN(C(=O)O)C(CO)C=C1C)S(=O)(=O)c1ccccc1[N+](=O)[O-]. The zero-order valence-electron chi connectivity index (χ0n) is 15.5. The Morgan fingerprint density at radius 2 is 2.14 bits per heavy atom. The molecule has 2 rings (SSSR count). The second-order valence-corrected chi connectivity index (χ2v) is 7.93. The Morgan fingerprint density at radius 1 is 1.48 bits per heavy atom. The number of hydroxylamine groups is 1. The van der Waals surface area contributed by atoms with Crippen LogP contribution in [0.15, 0.2) is 53.5 Å². The van der Waals surface area contributed by atoms with Crippen LogP contribution in [0.5, 0.6) is 0 Å². The predicted molar refractivity (Wildman–Crippen MR) is 101 cm³/mol. The molecule has 12 heteroatoms. The Bertz CT molecular complexity index is 930. The first kappa shape index (κ1) is 22.5. The van der Waals surface area contributed by atoms with Gasteiger partial charge >= 0.3 is 6.09 Å². The van der Waals surface area contributed by atoms with E-state index >= 15 is 0 Å². The molecule has 11 nitrogen and oxygen atoms in total. The van der Waals surface area contributed by atoms with Gasteiger partial charge < -0.3 is 10.2 Å². The number of carboxylic acid groups (broad SMARTS) is 1. The summed E-state index contributed by atoms with van der Waals surface area (Å²) in [4.78, 5) is 27.6. The number of aliphatic hydroxyl groups is 1. The van der Waals surface area contributed by atoms with Gasteiger partial charge in [-0.3, -0.25) is 19.9 Å². The number of nitrogens with zero attached hydrogens (tertiary/aromatic N) is 3. The van der Waals surface area contributed by atoms with Crippen molar-refractivity contribution in [2.24, 2.45) is 0 Å². The molecular formula is C17H21N3O8S. The van der Waals surface area contributed by atoms with E-state index in [4.69, 9.17) is 4.84 Å². The third-order valence-corrected chi connectivity index (χ3v) is 6.07. The van der Waals surface area contributed by atoms with Crippen LogP contribution in [0.2, 0.25) is 0 Å². The molecule has 29 heavy (non-hydrogen) atoms. The fourth-order valence-corrected chi connectivity index (χ4v) is 4.57. The predicted octanol–water partition coefficient (Wildman–Crippen LogP) is 1.37. The highest BCUT2D eigenvalue weighted by Gasteiger charge is 2.42. The van der Waals surface area contributed by atoms with Crippen molar-refractivity contribution >= 4 is 21.8 Å². The number of sulfonamides is 1. The summed E-state index contributed by atoms with van der Waals surface area (Å²) in [5.74, 6) is 0. The highest BCUT2D eigenvalue weighted by molar-refractivity contribution is 7.89. The first-order valence-electron chi connectivity index (χ1n) is 8.45. The lowest BCUT2D eigenvalue weighted by Gasteiger charge is -2.39. The average Bonchev–Trinajstić information content (AvgIpc) is 2.68. The van der Waals surface area contributed by atoms with Crippen LogP contribution in [0.4, 0.5) is 10.5 Å². The van der Waals surface area contributed by atoms with Crippen molar-refractivity contribution in [3.8, 4) is 0 Å². The number of para-hydroxylation sites is 1. The highest BCUT2D eigenvalue weighted by atomic mass is 32.2. The van der Waals surface area contributed by atoms with E-state index in [0.717, 1.165) is 17.0 Å². The minimum Gasteiger partial charge on any atom is -0.465 e. The summed E-state index contributed by atoms with van der Waals surface area (Å²) in [5.41, 5.74) is -0.215. The lowest BCUT2D eigenvalue weighted by Crippen LogP contribution is -2.55. The second kappa shape index (κ2) is 9.13. The van der Waals surface area contributed by atoms with Crippen molar-refractivity contribution in [3.63, 3.8) is 0 Å². The van der Waals surface area contributed by atoms with Crippen molar-refractivity contribution < 1.29 is 33.2 Å². The van der Waals surface area contributed by atoms with Crippen LogP contribution in [0.25, 0.3) is 0 Å². The molecule has 1 aromatic carbocycles. The molecule has 0 bridgehead atoms. The molecule has 1 amide bonds. The molecule has 1 aliphatic heterocycles. The van der Waals surface area contributed by atoms with E-state index < -0.39 is 50.3 Å². The maximum absolute atomic E-state index is 13.3. The molecule has 0 radical (unpaired) electrons. The fraction of sp³-hybridized carbons (Fsp3) is 0.353. The average molecular weight is 427 g/mol. The Labute approximate surface area is 167 Å². The van der Waals surface area contributed by atoms with Crippen LogP contribution < -0.4 is 0 Å². The summed E-state index contributed by atoms with van der Waals surface area (Å²) < 4.78 is 27.1. The molecule has 0 fully saturated rings. The highest BCUT2D eigenvalue weighted by Crippen LogP contribution is 2.31. The minimum atomic E-state index is -4.56. The van der Waals surface area contributed by atoms with Gasteiger partial charge in [0.15, 0.2) is 4.90 Å². The third-order valence-electron chi connectivity index (χ3n) is 4.33. The summed E-state index contributed by atoms with van der Waals surface area (Å²) in [6, 6.07) is 2.84. The number of carbonyl (C=O) groups is 1. The van der Waals surface area contributed by atoms with Gasteiger partial charge in [0.2, 0.25) is 0 Å². The topological polar surface area (TPSA) is 151 Å². The largest absolute Gasteiger partial charge is 0.465 e. The van der Waals surface area contributed by atoms with Gasteiger partial charge in [-0.1, -0.05) is 34.3 Å². The number of nitro groups is 1. The molecule has 158 valence electrons. The third kappa shape index (κ3) is 4.62. The number of benzene rings is 1. The monoisotopic (exact) mass is 427 g/mol. The van der Waals surface area contributed by atoms with Gasteiger partial charge in [-0.05, 0) is 13.0 Å². The molecule has 0 aliphatic carbocycles. The van der Waals surface area contributed by atoms with Crippen molar-refractivity contribution in [2.75, 3.05) is 19.8 Å². The summed E-state index contributed by atoms with van der Waals surface area (Å²) in [7, 11) is -4.56. The molecule has 2 N–H and O–H groups in total. The van der Waals surface area contributed by atoms with Crippen molar-refractivity contribution in [2.45, 2.75) is 23.9 Å². The molecule has 0 saturated heterocycles. The second-order valence-electron chi connectivity index (χ2n) is 6.18. The Balaban J connectivity index is 2.58. The molecule has 0 aromatic heterocycles. The molecule has 2 atom stereocenters. The summed E-state index contributed by atoms with van der Waals surface area (Å²) in [5, 5.41) is 30.1. The maximum Gasteiger partial charge on any atom is 0.407 e. The minimum absolute atomic E-state index is 0.236. The van der Waals surface area contributed by atoms with Gasteiger partial charge in [-0.2, -0.15) is 0 Å². The van der Waals surface area contributed by atoms with E-state index in [9.17, 15) is 33.5 Å². The number of hydrogen-bond acceptors (Lipinski definition) is 7. The van der Waals surface area contributed by atoms with E-state index in [2.05, 4.69) is 6.58 Å². The van der Waals surface area contributed by atoms with Crippen LogP contribution in [0.3, 0.4) is 0 Å². The van der Waals surface area contributed by atoms with Gasteiger partial charge in [0.1, 0.15) is 0 Å². The Kier molecular flexibility index (Phi) is 7.08. The van der Waals surface area contributed by atoms with Crippen molar-refractivity contribution in [1.82, 2.24) is 9.37 Å². The molecular weight excluding hydrogens is 406 g/mol. The maximum atomic E-state index is 13.3. The first-order valence-corrected chi connectivity index (χ1v) is 9.89. The number of aliphatic hydroxyl groups excluding tert-OH is 1. The van der Waals surface area contributed by atoms with Crippen LogP contribution in [-0.2, 0) is 14.9 Å². The fourth-order valence-electron chi connectivity index (χ4n) is 2.95. The zero-order chi connectivity index (χ0) is 21.8. The van der Waals surface area contributed by atoms with Gasteiger partial charge in [-0.25, -0.2) is 13.2 Å². The van der Waals surface area contributed by atoms with Gasteiger partial charge in [0.25, 0.3) is 15.7 Å². The molecule has 1 heterocycles. The molecule has 2 unspecified atom stereocenters. The van der Waals surface area contributed by atoms with Crippen LogP contribution >= 0.6 is 0 Å². The summed E-state index contributed by atoms with van der Waals surface area (Å²) >= 11 is 0. The standard InChI is InChI=1S/C17H21N3O8S/c1-3-8-28-20(15-10-18(17(22)23)13(11-21)9-12(15)2)29(26,27)16-7-5-4-6-14(16)19(24)25/h3-7,9,13,15,21H,1,8,10-11H2,2H3,(H,22,23). The van der Waals surface area contributed by atoms with Crippen LogP contribution in [0, 0.1) is 10.1 Å². The number of hydrogen-bond donors (Lipinski definition) is 2. The molecule has 0 spiro atoms. The normalized spacial score (nSPS) is 19.7. The smallest absolute Gasteiger partial charge is 0.407 e. The van der Waals surface area contributed by atoms with Crippen molar-refractivity contribution in [3.05, 3.63) is 58.7 Å². The van der Waals surface area contributed by atoms with E-state index in [1.165, 1.54) is 24.3 Å². The van der Waals surface area contributed by atoms with Gasteiger partial charge in [0, 0.05) is 12.6 Å². The van der Waals surface area contributed by atoms with E-state index in [1.54, 1.807) is 6.92 Å². The van der Waals surface area contributed by atoms with Crippen molar-refractivity contribution in [1.29, 1.82) is 0 Å². The van der Waals surface area contributed by atoms with E-state index in [1.807, 2.05) is 0 Å². The molecule has 0 saturated carbocycles. The van der Waals surface area contributed by atoms with Crippen LogP contribution in [0.1, 0.15) is 6.92 Å². The van der Waals surface area contributed by atoms with E-state index in [-0.39, 0.29) is 13.2 Å². The Morgan fingerprint density at radius 3 is 2.69 bits per heavy atom. The lowest BCUT2D eigenvalue weighted by atomic mass is 10.0. The number of amides is 1. The quantitative estimate of drug-likeness (QED) is 0.359. The lowest BCUT2D eigenvalue weighted by molar-refractivity contribution is -0.388. The zero-order valence-corrected chi connectivity index (χ0v) is 16.4. The number of nitro benzene ring substituents is 1. The first-order chi connectivity index (χ1) is 13.6. The molecule has 1 aromatic rings. The van der Waals surface area contributed by atoms with E-state index in [0.29, 0.717) is 10.0 Å².